The average Bonchev–Trinajstić information content (AvgIpc) is 2.67. The molecular weight excluding hydrogens is 376 g/mol. The van der Waals surface area contributed by atoms with Crippen molar-refractivity contribution in [2.45, 2.75) is 12.7 Å². The summed E-state index contributed by atoms with van der Waals surface area (Å²) in [5.74, 6) is 1.12. The molecule has 0 aliphatic rings. The van der Waals surface area contributed by atoms with Crippen LogP contribution in [-0.2, 0) is 15.8 Å². The first-order valence-electron chi connectivity index (χ1n) is 8.78. The van der Waals surface area contributed by atoms with Crippen LogP contribution < -0.4 is 15.4 Å². The Bertz CT molecular complexity index is 994. The zero-order chi connectivity index (χ0) is 19.8. The lowest BCUT2D eigenvalue weighted by Crippen LogP contribution is -2.30. The van der Waals surface area contributed by atoms with Gasteiger partial charge in [-0.1, -0.05) is 29.8 Å². The highest BCUT2D eigenvalue weighted by Gasteiger charge is 2.10. The maximum Gasteiger partial charge on any atom is 0.215 e. The minimum absolute atomic E-state index is 0.0385. The van der Waals surface area contributed by atoms with Crippen molar-refractivity contribution in [3.8, 4) is 0 Å². The van der Waals surface area contributed by atoms with E-state index in [9.17, 15) is 8.42 Å². The number of anilines is 3. The molecule has 0 spiro atoms. The molecule has 146 valence electrons. The van der Waals surface area contributed by atoms with Crippen molar-refractivity contribution in [1.29, 1.82) is 0 Å². The maximum atomic E-state index is 12.2. The van der Waals surface area contributed by atoms with E-state index in [1.165, 1.54) is 0 Å². The minimum atomic E-state index is -3.39. The van der Waals surface area contributed by atoms with Crippen molar-refractivity contribution >= 4 is 27.3 Å². The van der Waals surface area contributed by atoms with Gasteiger partial charge in [-0.2, -0.15) is 0 Å². The Morgan fingerprint density at radius 2 is 1.79 bits per heavy atom. The summed E-state index contributed by atoms with van der Waals surface area (Å²) < 4.78 is 26.9. The fourth-order valence-corrected chi connectivity index (χ4v) is 3.68. The monoisotopic (exact) mass is 398 g/mol. The van der Waals surface area contributed by atoms with Gasteiger partial charge in [-0.25, -0.2) is 13.1 Å². The molecule has 0 aliphatic heterocycles. The van der Waals surface area contributed by atoms with Crippen molar-refractivity contribution in [2.24, 2.45) is 0 Å². The van der Waals surface area contributed by atoms with E-state index < -0.39 is 10.0 Å². The van der Waals surface area contributed by atoms with Crippen LogP contribution in [0.25, 0.3) is 0 Å². The van der Waals surface area contributed by atoms with Crippen LogP contribution in [0.4, 0.5) is 17.3 Å². The first kappa shape index (κ1) is 19.7. The van der Waals surface area contributed by atoms with Gasteiger partial charge in [0.2, 0.25) is 10.0 Å². The SMILES string of the molecule is Cc1cccc(CS(=O)(=O)NCCNc2ccc(Nc3cccnc3)nn2)c1. The average molecular weight is 398 g/mol. The number of hydrogen-bond acceptors (Lipinski definition) is 7. The zero-order valence-electron chi connectivity index (χ0n) is 15.5. The van der Waals surface area contributed by atoms with Crippen molar-refractivity contribution in [3.63, 3.8) is 0 Å². The van der Waals surface area contributed by atoms with E-state index in [-0.39, 0.29) is 12.3 Å². The van der Waals surface area contributed by atoms with Crippen LogP contribution in [-0.4, -0.2) is 36.7 Å². The topological polar surface area (TPSA) is 109 Å². The molecule has 3 aromatic rings. The Balaban J connectivity index is 1.43. The highest BCUT2D eigenvalue weighted by Crippen LogP contribution is 2.13. The number of aryl methyl sites for hydroxylation is 1. The second-order valence-electron chi connectivity index (χ2n) is 6.24. The lowest BCUT2D eigenvalue weighted by Gasteiger charge is -2.09. The van der Waals surface area contributed by atoms with Crippen molar-refractivity contribution in [3.05, 3.63) is 72.1 Å². The van der Waals surface area contributed by atoms with Gasteiger partial charge in [0.1, 0.15) is 5.82 Å². The van der Waals surface area contributed by atoms with Crippen molar-refractivity contribution < 1.29 is 8.42 Å². The van der Waals surface area contributed by atoms with Crippen LogP contribution in [0, 0.1) is 6.92 Å². The first-order valence-corrected chi connectivity index (χ1v) is 10.4. The predicted molar refractivity (Wildman–Crippen MR) is 110 cm³/mol. The third-order valence-corrected chi connectivity index (χ3v) is 5.15. The number of rotatable bonds is 9. The third-order valence-electron chi connectivity index (χ3n) is 3.79. The molecule has 3 rings (SSSR count). The molecular formula is C19H22N6O2S. The number of nitrogens with one attached hydrogen (secondary N) is 3. The zero-order valence-corrected chi connectivity index (χ0v) is 16.3. The van der Waals surface area contributed by atoms with E-state index >= 15 is 0 Å². The number of pyridine rings is 1. The number of sulfonamides is 1. The quantitative estimate of drug-likeness (QED) is 0.475. The Morgan fingerprint density at radius 3 is 2.50 bits per heavy atom. The summed E-state index contributed by atoms with van der Waals surface area (Å²) in [5.41, 5.74) is 2.62. The largest absolute Gasteiger partial charge is 0.367 e. The summed E-state index contributed by atoms with van der Waals surface area (Å²) in [6.45, 7) is 2.59. The number of hydrogen-bond donors (Lipinski definition) is 3. The molecule has 0 saturated heterocycles. The van der Waals surface area contributed by atoms with Gasteiger partial charge in [0, 0.05) is 19.3 Å². The van der Waals surface area contributed by atoms with E-state index in [1.54, 1.807) is 30.6 Å². The van der Waals surface area contributed by atoms with Crippen LogP contribution in [0.5, 0.6) is 0 Å². The van der Waals surface area contributed by atoms with Crippen molar-refractivity contribution in [2.75, 3.05) is 23.7 Å². The molecule has 8 nitrogen and oxygen atoms in total. The first-order chi connectivity index (χ1) is 13.5. The van der Waals surface area contributed by atoms with Crippen LogP contribution >= 0.6 is 0 Å². The normalized spacial score (nSPS) is 11.2. The second-order valence-corrected chi connectivity index (χ2v) is 8.05. The molecule has 0 aliphatic carbocycles. The molecule has 3 N–H and O–H groups in total. The molecule has 0 bridgehead atoms. The number of benzene rings is 1. The molecule has 9 heteroatoms. The fourth-order valence-electron chi connectivity index (χ4n) is 2.55. The van der Waals surface area contributed by atoms with Gasteiger partial charge in [0.15, 0.2) is 5.82 Å². The van der Waals surface area contributed by atoms with Gasteiger partial charge in [-0.15, -0.1) is 10.2 Å². The Labute approximate surface area is 164 Å². The van der Waals surface area contributed by atoms with Gasteiger partial charge < -0.3 is 10.6 Å². The van der Waals surface area contributed by atoms with E-state index in [0.29, 0.717) is 18.2 Å². The van der Waals surface area contributed by atoms with Crippen LogP contribution in [0.3, 0.4) is 0 Å². The highest BCUT2D eigenvalue weighted by atomic mass is 32.2. The Hall–Kier alpha value is -3.04. The van der Waals surface area contributed by atoms with Gasteiger partial charge in [-0.3, -0.25) is 4.98 Å². The number of nitrogens with zero attached hydrogens (tertiary/aromatic N) is 3. The van der Waals surface area contributed by atoms with E-state index in [1.807, 2.05) is 37.3 Å². The molecule has 2 heterocycles. The second kappa shape index (κ2) is 9.25. The van der Waals surface area contributed by atoms with Crippen LogP contribution in [0.15, 0.2) is 60.9 Å². The molecule has 0 fully saturated rings. The van der Waals surface area contributed by atoms with Crippen LogP contribution in [0.1, 0.15) is 11.1 Å². The van der Waals surface area contributed by atoms with Crippen molar-refractivity contribution in [1.82, 2.24) is 19.9 Å². The van der Waals surface area contributed by atoms with E-state index in [0.717, 1.165) is 16.8 Å². The Kier molecular flexibility index (Phi) is 6.51. The number of aromatic nitrogens is 3. The van der Waals surface area contributed by atoms with Gasteiger partial charge in [-0.05, 0) is 36.8 Å². The van der Waals surface area contributed by atoms with Gasteiger partial charge >= 0.3 is 0 Å². The minimum Gasteiger partial charge on any atom is -0.367 e. The summed E-state index contributed by atoms with van der Waals surface area (Å²) >= 11 is 0. The summed E-state index contributed by atoms with van der Waals surface area (Å²) in [7, 11) is -3.39. The summed E-state index contributed by atoms with van der Waals surface area (Å²) in [4.78, 5) is 4.02. The lowest BCUT2D eigenvalue weighted by molar-refractivity contribution is 0.582. The molecule has 0 radical (unpaired) electrons. The standard InChI is InChI=1S/C19H22N6O2S/c1-15-4-2-5-16(12-15)14-28(26,27)22-11-10-21-18-7-8-19(25-24-18)23-17-6-3-9-20-13-17/h2-9,12-13,22H,10-11,14H2,1H3,(H,21,24)(H,23,25). The molecule has 1 aromatic carbocycles. The van der Waals surface area contributed by atoms with E-state index in [4.69, 9.17) is 0 Å². The molecule has 0 atom stereocenters. The molecule has 2 aromatic heterocycles. The predicted octanol–water partition coefficient (Wildman–Crippen LogP) is 2.46. The molecule has 28 heavy (non-hydrogen) atoms. The highest BCUT2D eigenvalue weighted by molar-refractivity contribution is 7.88. The molecule has 0 amide bonds. The molecule has 0 unspecified atom stereocenters. The lowest BCUT2D eigenvalue weighted by atomic mass is 10.2. The van der Waals surface area contributed by atoms with Gasteiger partial charge in [0.05, 0.1) is 17.6 Å². The fraction of sp³-hybridized carbons (Fsp3) is 0.211. The van der Waals surface area contributed by atoms with Crippen LogP contribution in [0.2, 0.25) is 0 Å². The summed E-state index contributed by atoms with van der Waals surface area (Å²) in [6.07, 6.45) is 3.38. The smallest absolute Gasteiger partial charge is 0.215 e. The third kappa shape index (κ3) is 6.29. The summed E-state index contributed by atoms with van der Waals surface area (Å²) in [5, 5.41) is 14.3. The van der Waals surface area contributed by atoms with Gasteiger partial charge in [0.25, 0.3) is 0 Å². The maximum absolute atomic E-state index is 12.2. The van der Waals surface area contributed by atoms with E-state index in [2.05, 4.69) is 30.5 Å². The Morgan fingerprint density at radius 1 is 0.964 bits per heavy atom. The molecule has 0 saturated carbocycles. The summed E-state index contributed by atoms with van der Waals surface area (Å²) in [6, 6.07) is 14.7.